The fourth-order valence-corrected chi connectivity index (χ4v) is 4.12. The number of nitrogens with zero attached hydrogens (tertiary/aromatic N) is 6. The van der Waals surface area contributed by atoms with Crippen LogP contribution < -0.4 is 0 Å². The maximum atomic E-state index is 12.7. The lowest BCUT2D eigenvalue weighted by atomic mass is 9.95. The van der Waals surface area contributed by atoms with Gasteiger partial charge in [-0.05, 0) is 25.8 Å². The average molecular weight is 370 g/mol. The van der Waals surface area contributed by atoms with E-state index >= 15 is 0 Å². The van der Waals surface area contributed by atoms with Crippen molar-refractivity contribution in [2.24, 2.45) is 0 Å². The lowest BCUT2D eigenvalue weighted by Gasteiger charge is -2.32. The molecule has 136 valence electrons. The van der Waals surface area contributed by atoms with Gasteiger partial charge in [-0.25, -0.2) is 9.97 Å². The lowest BCUT2D eigenvalue weighted by Crippen LogP contribution is -2.39. The van der Waals surface area contributed by atoms with Gasteiger partial charge in [0.15, 0.2) is 0 Å². The van der Waals surface area contributed by atoms with Crippen LogP contribution in [0.1, 0.15) is 47.7 Å². The molecule has 1 saturated heterocycles. The van der Waals surface area contributed by atoms with E-state index in [-0.39, 0.29) is 5.91 Å². The second kappa shape index (κ2) is 7.41. The zero-order chi connectivity index (χ0) is 17.9. The molecule has 0 aromatic carbocycles. The molecule has 26 heavy (non-hydrogen) atoms. The van der Waals surface area contributed by atoms with Gasteiger partial charge in [0.25, 0.3) is 5.91 Å². The first kappa shape index (κ1) is 17.0. The van der Waals surface area contributed by atoms with E-state index in [1.165, 1.54) is 0 Å². The zero-order valence-corrected chi connectivity index (χ0v) is 15.6. The third-order valence-corrected chi connectivity index (χ3v) is 5.58. The van der Waals surface area contributed by atoms with Crippen LogP contribution in [-0.4, -0.2) is 48.2 Å². The number of aryl methyl sites for hydroxylation is 1. The Bertz CT molecular complexity index is 860. The molecule has 0 radical (unpaired) electrons. The number of amides is 1. The van der Waals surface area contributed by atoms with Gasteiger partial charge >= 0.3 is 0 Å². The number of hydrogen-bond acceptors (Lipinski definition) is 5. The summed E-state index contributed by atoms with van der Waals surface area (Å²) in [5.41, 5.74) is 3.60. The van der Waals surface area contributed by atoms with Crippen molar-refractivity contribution in [1.82, 2.24) is 29.2 Å². The van der Waals surface area contributed by atoms with Crippen molar-refractivity contribution >= 4 is 17.2 Å². The van der Waals surface area contributed by atoms with Gasteiger partial charge in [0.1, 0.15) is 11.5 Å². The molecule has 8 heteroatoms. The molecule has 3 aromatic heterocycles. The largest absolute Gasteiger partial charge is 0.337 e. The average Bonchev–Trinajstić information content (AvgIpc) is 3.43. The van der Waals surface area contributed by atoms with Crippen molar-refractivity contribution in [2.45, 2.75) is 38.8 Å². The summed E-state index contributed by atoms with van der Waals surface area (Å²) in [6.07, 6.45) is 7.43. The normalized spacial score (nSPS) is 15.5. The lowest BCUT2D eigenvalue weighted by molar-refractivity contribution is 0.0698. The van der Waals surface area contributed by atoms with E-state index in [4.69, 9.17) is 0 Å². The number of rotatable bonds is 5. The van der Waals surface area contributed by atoms with Crippen LogP contribution in [0.25, 0.3) is 0 Å². The maximum absolute atomic E-state index is 12.7. The number of aromatic nitrogens is 5. The van der Waals surface area contributed by atoms with E-state index in [1.54, 1.807) is 28.3 Å². The topological polar surface area (TPSA) is 68.8 Å². The van der Waals surface area contributed by atoms with Gasteiger partial charge in [-0.2, -0.15) is 5.10 Å². The highest BCUT2D eigenvalue weighted by molar-refractivity contribution is 7.07. The molecule has 0 saturated carbocycles. The number of carbonyl (C=O) groups excluding carboxylic acids is 1. The Morgan fingerprint density at radius 2 is 2.12 bits per heavy atom. The van der Waals surface area contributed by atoms with Crippen LogP contribution in [0.3, 0.4) is 0 Å². The Morgan fingerprint density at radius 1 is 1.27 bits per heavy atom. The summed E-state index contributed by atoms with van der Waals surface area (Å²) in [7, 11) is 0. The van der Waals surface area contributed by atoms with Crippen molar-refractivity contribution in [3.05, 3.63) is 52.8 Å². The molecule has 4 rings (SSSR count). The molecular weight excluding hydrogens is 348 g/mol. The highest BCUT2D eigenvalue weighted by Gasteiger charge is 2.28. The third kappa shape index (κ3) is 3.29. The Labute approximate surface area is 156 Å². The minimum atomic E-state index is 0.0774. The highest BCUT2D eigenvalue weighted by Crippen LogP contribution is 2.28. The first-order chi connectivity index (χ1) is 12.8. The molecule has 1 aliphatic rings. The molecular formula is C18H22N6OS. The van der Waals surface area contributed by atoms with Gasteiger partial charge in [0, 0.05) is 49.5 Å². The molecule has 3 aromatic rings. The number of imidazole rings is 1. The van der Waals surface area contributed by atoms with Crippen LogP contribution in [0.15, 0.2) is 35.5 Å². The van der Waals surface area contributed by atoms with Gasteiger partial charge in [-0.3, -0.25) is 9.48 Å². The molecule has 1 fully saturated rings. The maximum Gasteiger partial charge on any atom is 0.272 e. The number of thiazole rings is 1. The fraction of sp³-hybridized carbons (Fsp3) is 0.444. The molecule has 0 unspecified atom stereocenters. The molecule has 4 heterocycles. The second-order valence-corrected chi connectivity index (χ2v) is 7.21. The van der Waals surface area contributed by atoms with Gasteiger partial charge in [-0.1, -0.05) is 0 Å². The quantitative estimate of drug-likeness (QED) is 0.692. The van der Waals surface area contributed by atoms with Crippen molar-refractivity contribution in [3.8, 4) is 0 Å². The van der Waals surface area contributed by atoms with Crippen molar-refractivity contribution in [2.75, 3.05) is 13.1 Å². The standard InChI is InChI=1S/C18H22N6OS/c1-2-24-16(3-6-21-24)18(25)22-8-4-14(5-9-22)17-19-7-10-23(17)11-15-12-26-13-20-15/h3,6-7,10,12-14H,2,4-5,8-9,11H2,1H3. The van der Waals surface area contributed by atoms with Gasteiger partial charge < -0.3 is 9.47 Å². The van der Waals surface area contributed by atoms with Crippen LogP contribution in [-0.2, 0) is 13.1 Å². The predicted octanol–water partition coefficient (Wildman–Crippen LogP) is 2.62. The molecule has 0 atom stereocenters. The summed E-state index contributed by atoms with van der Waals surface area (Å²) in [5.74, 6) is 1.56. The van der Waals surface area contributed by atoms with E-state index in [0.717, 1.165) is 44.0 Å². The summed E-state index contributed by atoms with van der Waals surface area (Å²) in [6.45, 7) is 4.97. The van der Waals surface area contributed by atoms with E-state index in [0.29, 0.717) is 18.2 Å². The second-order valence-electron chi connectivity index (χ2n) is 6.49. The molecule has 7 nitrogen and oxygen atoms in total. The van der Waals surface area contributed by atoms with Gasteiger partial charge in [0.05, 0.1) is 17.7 Å². The summed E-state index contributed by atoms with van der Waals surface area (Å²) < 4.78 is 3.94. The van der Waals surface area contributed by atoms with Crippen molar-refractivity contribution in [3.63, 3.8) is 0 Å². The Hall–Kier alpha value is -2.48. The molecule has 0 bridgehead atoms. The van der Waals surface area contributed by atoms with E-state index in [2.05, 4.69) is 25.0 Å². The first-order valence-corrected chi connectivity index (χ1v) is 9.89. The monoisotopic (exact) mass is 370 g/mol. The smallest absolute Gasteiger partial charge is 0.272 e. The molecule has 0 spiro atoms. The van der Waals surface area contributed by atoms with Crippen LogP contribution in [0.2, 0.25) is 0 Å². The minimum absolute atomic E-state index is 0.0774. The van der Waals surface area contributed by atoms with Crippen LogP contribution in [0.4, 0.5) is 0 Å². The molecule has 1 aliphatic heterocycles. The first-order valence-electron chi connectivity index (χ1n) is 8.95. The van der Waals surface area contributed by atoms with Crippen molar-refractivity contribution in [1.29, 1.82) is 0 Å². The SMILES string of the molecule is CCn1nccc1C(=O)N1CCC(c2nccn2Cc2cscn2)CC1. The van der Waals surface area contributed by atoms with Crippen LogP contribution in [0, 0.1) is 0 Å². The van der Waals surface area contributed by atoms with Crippen LogP contribution >= 0.6 is 11.3 Å². The number of piperidine rings is 1. The van der Waals surface area contributed by atoms with Crippen LogP contribution in [0.5, 0.6) is 0 Å². The van der Waals surface area contributed by atoms with E-state index < -0.39 is 0 Å². The Morgan fingerprint density at radius 3 is 2.85 bits per heavy atom. The molecule has 0 N–H and O–H groups in total. The van der Waals surface area contributed by atoms with Gasteiger partial charge in [-0.15, -0.1) is 11.3 Å². The zero-order valence-electron chi connectivity index (χ0n) is 14.8. The summed E-state index contributed by atoms with van der Waals surface area (Å²) >= 11 is 1.61. The van der Waals surface area contributed by atoms with E-state index in [1.807, 2.05) is 29.7 Å². The summed E-state index contributed by atoms with van der Waals surface area (Å²) in [6, 6.07) is 1.80. The number of likely N-dealkylation sites (tertiary alicyclic amines) is 1. The molecule has 1 amide bonds. The predicted molar refractivity (Wildman–Crippen MR) is 99.2 cm³/mol. The molecule has 0 aliphatic carbocycles. The summed E-state index contributed by atoms with van der Waals surface area (Å²) in [4.78, 5) is 23.6. The number of hydrogen-bond donors (Lipinski definition) is 0. The fourth-order valence-electron chi connectivity index (χ4n) is 3.57. The third-order valence-electron chi connectivity index (χ3n) is 4.95. The highest BCUT2D eigenvalue weighted by atomic mass is 32.1. The Kier molecular flexibility index (Phi) is 4.83. The van der Waals surface area contributed by atoms with E-state index in [9.17, 15) is 4.79 Å². The van der Waals surface area contributed by atoms with Gasteiger partial charge in [0.2, 0.25) is 0 Å². The number of carbonyl (C=O) groups is 1. The Balaban J connectivity index is 1.41. The van der Waals surface area contributed by atoms with Crippen molar-refractivity contribution < 1.29 is 4.79 Å². The minimum Gasteiger partial charge on any atom is -0.337 e. The summed E-state index contributed by atoms with van der Waals surface area (Å²) in [5, 5.41) is 6.28.